The molecular weight excluding hydrogens is 438 g/mol. The summed E-state index contributed by atoms with van der Waals surface area (Å²) in [5, 5.41) is 22.6. The van der Waals surface area contributed by atoms with Gasteiger partial charge in [-0.3, -0.25) is 0 Å². The van der Waals surface area contributed by atoms with Crippen molar-refractivity contribution in [1.82, 2.24) is 25.1 Å². The summed E-state index contributed by atoms with van der Waals surface area (Å²) in [4.78, 5) is 5.02. The van der Waals surface area contributed by atoms with Crippen LogP contribution in [-0.4, -0.2) is 43.3 Å². The predicted molar refractivity (Wildman–Crippen MR) is 133 cm³/mol. The third-order valence-electron chi connectivity index (χ3n) is 5.45. The highest BCUT2D eigenvalue weighted by Gasteiger charge is 2.24. The van der Waals surface area contributed by atoms with Crippen LogP contribution in [0.4, 0.5) is 17.1 Å². The summed E-state index contributed by atoms with van der Waals surface area (Å²) >= 11 is 7.28. The summed E-state index contributed by atoms with van der Waals surface area (Å²) in [6.45, 7) is 1.72. The van der Waals surface area contributed by atoms with Crippen LogP contribution in [0, 0.1) is 0 Å². The van der Waals surface area contributed by atoms with Gasteiger partial charge in [0.15, 0.2) is 5.11 Å². The van der Waals surface area contributed by atoms with Crippen LogP contribution in [0.3, 0.4) is 0 Å². The van der Waals surface area contributed by atoms with Crippen molar-refractivity contribution in [2.24, 2.45) is 0 Å². The number of likely N-dealkylation sites (tertiary alicyclic amines) is 1. The molecule has 0 aliphatic carbocycles. The summed E-state index contributed by atoms with van der Waals surface area (Å²) in [6, 6.07) is 22.6. The molecule has 0 atom stereocenters. The molecule has 7 nitrogen and oxygen atoms in total. The first-order valence-electron chi connectivity index (χ1n) is 10.6. The number of nitrogens with one attached hydrogen (secondary N) is 2. The van der Waals surface area contributed by atoms with Crippen molar-refractivity contribution in [3.8, 4) is 10.7 Å². The monoisotopic (exact) mass is 461 g/mol. The topological polar surface area (TPSA) is 70.9 Å². The molecule has 9 heteroatoms. The minimum atomic E-state index is 0.249. The van der Waals surface area contributed by atoms with Gasteiger partial charge in [0.1, 0.15) is 0 Å². The van der Waals surface area contributed by atoms with E-state index in [2.05, 4.69) is 30.9 Å². The lowest BCUT2D eigenvalue weighted by Crippen LogP contribution is -2.41. The number of nitrogens with zero attached hydrogens (tertiary/aromatic N) is 5. The number of aromatic nitrogens is 4. The van der Waals surface area contributed by atoms with E-state index >= 15 is 0 Å². The summed E-state index contributed by atoms with van der Waals surface area (Å²) in [7, 11) is 0. The zero-order valence-electron chi connectivity index (χ0n) is 17.4. The lowest BCUT2D eigenvalue weighted by molar-refractivity contribution is 0.238. The Morgan fingerprint density at radius 1 is 0.906 bits per heavy atom. The van der Waals surface area contributed by atoms with Gasteiger partial charge in [-0.05, 0) is 78.1 Å². The van der Waals surface area contributed by atoms with Crippen LogP contribution in [0.1, 0.15) is 18.9 Å². The second-order valence-electron chi connectivity index (χ2n) is 7.63. The van der Waals surface area contributed by atoms with E-state index in [1.807, 2.05) is 72.1 Å². The Morgan fingerprint density at radius 2 is 1.62 bits per heavy atom. The van der Waals surface area contributed by atoms with Crippen molar-refractivity contribution in [3.05, 3.63) is 72.1 Å². The minimum absolute atomic E-state index is 0.249. The number of anilines is 3. The van der Waals surface area contributed by atoms with Crippen LogP contribution in [0.25, 0.3) is 10.7 Å². The third-order valence-corrected chi connectivity index (χ3v) is 6.67. The maximum atomic E-state index is 5.66. The zero-order valence-corrected chi connectivity index (χ0v) is 19.0. The van der Waals surface area contributed by atoms with Crippen molar-refractivity contribution in [3.63, 3.8) is 0 Å². The largest absolute Gasteiger partial charge is 0.356 e. The molecule has 3 heterocycles. The molecule has 1 fully saturated rings. The van der Waals surface area contributed by atoms with Gasteiger partial charge in [0, 0.05) is 30.2 Å². The molecule has 4 aromatic rings. The number of rotatable bonds is 5. The smallest absolute Gasteiger partial charge is 0.214 e. The number of piperidine rings is 1. The SMILES string of the molecule is S=C(Nc1ccc(Nc2ccccc2)cc1)N1CCC(n2nnc(-c3cccs3)n2)CC1. The molecule has 32 heavy (non-hydrogen) atoms. The van der Waals surface area contributed by atoms with Gasteiger partial charge in [-0.2, -0.15) is 4.80 Å². The van der Waals surface area contributed by atoms with E-state index in [0.29, 0.717) is 5.82 Å². The summed E-state index contributed by atoms with van der Waals surface area (Å²) in [6.07, 6.45) is 1.87. The number of tetrazole rings is 1. The Balaban J connectivity index is 1.13. The summed E-state index contributed by atoms with van der Waals surface area (Å²) < 4.78 is 0. The number of hydrogen-bond donors (Lipinski definition) is 2. The Labute approximate surface area is 196 Å². The fourth-order valence-corrected chi connectivity index (χ4v) is 4.66. The molecule has 1 aliphatic rings. The molecule has 2 aromatic heterocycles. The fraction of sp³-hybridized carbons (Fsp3) is 0.217. The molecule has 0 amide bonds. The number of benzene rings is 2. The quantitative estimate of drug-likeness (QED) is 0.397. The molecule has 2 aromatic carbocycles. The molecule has 0 unspecified atom stereocenters. The summed E-state index contributed by atoms with van der Waals surface area (Å²) in [5.74, 6) is 0.699. The lowest BCUT2D eigenvalue weighted by atomic mass is 10.1. The highest BCUT2D eigenvalue weighted by molar-refractivity contribution is 7.80. The molecule has 0 radical (unpaired) electrons. The number of para-hydroxylation sites is 1. The first-order chi connectivity index (χ1) is 15.7. The Bertz CT molecular complexity index is 1150. The Kier molecular flexibility index (Phi) is 6.09. The predicted octanol–water partition coefficient (Wildman–Crippen LogP) is 5.18. The van der Waals surface area contributed by atoms with Crippen molar-refractivity contribution in [1.29, 1.82) is 0 Å². The number of hydrogen-bond acceptors (Lipinski definition) is 6. The van der Waals surface area contributed by atoms with Crippen molar-refractivity contribution in [2.45, 2.75) is 18.9 Å². The van der Waals surface area contributed by atoms with Crippen molar-refractivity contribution >= 4 is 45.7 Å². The molecule has 0 spiro atoms. The average Bonchev–Trinajstić information content (AvgIpc) is 3.53. The van der Waals surface area contributed by atoms with Crippen molar-refractivity contribution in [2.75, 3.05) is 23.7 Å². The highest BCUT2D eigenvalue weighted by Crippen LogP contribution is 2.25. The maximum Gasteiger partial charge on any atom is 0.214 e. The van der Waals surface area contributed by atoms with E-state index in [9.17, 15) is 0 Å². The van der Waals surface area contributed by atoms with Gasteiger partial charge in [0.2, 0.25) is 5.82 Å². The van der Waals surface area contributed by atoms with E-state index in [0.717, 1.165) is 53.0 Å². The Morgan fingerprint density at radius 3 is 2.34 bits per heavy atom. The van der Waals surface area contributed by atoms with Gasteiger partial charge < -0.3 is 15.5 Å². The van der Waals surface area contributed by atoms with Crippen LogP contribution in [0.5, 0.6) is 0 Å². The van der Waals surface area contributed by atoms with E-state index in [1.165, 1.54) is 0 Å². The van der Waals surface area contributed by atoms with Crippen LogP contribution in [-0.2, 0) is 0 Å². The van der Waals surface area contributed by atoms with E-state index in [4.69, 9.17) is 12.2 Å². The molecule has 1 aliphatic heterocycles. The first-order valence-corrected chi connectivity index (χ1v) is 11.8. The second kappa shape index (κ2) is 9.46. The van der Waals surface area contributed by atoms with Crippen LogP contribution in [0.2, 0.25) is 0 Å². The first kappa shape index (κ1) is 20.6. The number of thiophene rings is 1. The molecule has 2 N–H and O–H groups in total. The normalized spacial score (nSPS) is 14.3. The fourth-order valence-electron chi connectivity index (χ4n) is 3.71. The van der Waals surface area contributed by atoms with Gasteiger partial charge >= 0.3 is 0 Å². The van der Waals surface area contributed by atoms with E-state index < -0.39 is 0 Å². The molecule has 5 rings (SSSR count). The highest BCUT2D eigenvalue weighted by atomic mass is 32.1. The second-order valence-corrected chi connectivity index (χ2v) is 8.96. The van der Waals surface area contributed by atoms with Crippen LogP contribution >= 0.6 is 23.6 Å². The van der Waals surface area contributed by atoms with E-state index in [-0.39, 0.29) is 6.04 Å². The molecule has 0 saturated carbocycles. The molecule has 162 valence electrons. The average molecular weight is 462 g/mol. The van der Waals surface area contributed by atoms with E-state index in [1.54, 1.807) is 16.1 Å². The third kappa shape index (κ3) is 4.79. The van der Waals surface area contributed by atoms with Gasteiger partial charge in [0.05, 0.1) is 10.9 Å². The summed E-state index contributed by atoms with van der Waals surface area (Å²) in [5.41, 5.74) is 3.08. The maximum absolute atomic E-state index is 5.66. The minimum Gasteiger partial charge on any atom is -0.356 e. The van der Waals surface area contributed by atoms with Crippen molar-refractivity contribution < 1.29 is 0 Å². The standard InChI is InChI=1S/C23H23N7S2/c31-23(25-19-10-8-18(9-11-19)24-17-5-2-1-3-6-17)29-14-12-20(13-15-29)30-27-22(26-28-30)21-7-4-16-32-21/h1-11,16,20,24H,12-15H2,(H,25,31). The zero-order chi connectivity index (χ0) is 21.8. The van der Waals surface area contributed by atoms with Gasteiger partial charge in [-0.25, -0.2) is 0 Å². The molecular formula is C23H23N7S2. The van der Waals surface area contributed by atoms with Crippen LogP contribution in [0.15, 0.2) is 72.1 Å². The van der Waals surface area contributed by atoms with Gasteiger partial charge in [0.25, 0.3) is 0 Å². The van der Waals surface area contributed by atoms with Gasteiger partial charge in [-0.15, -0.1) is 21.5 Å². The molecule has 0 bridgehead atoms. The Hall–Kier alpha value is -3.30. The van der Waals surface area contributed by atoms with Crippen LogP contribution < -0.4 is 10.6 Å². The van der Waals surface area contributed by atoms with Gasteiger partial charge in [-0.1, -0.05) is 24.3 Å². The molecule has 1 saturated heterocycles. The lowest BCUT2D eigenvalue weighted by Gasteiger charge is -2.33. The number of thiocarbonyl (C=S) groups is 1.